The number of nitrogens with zero attached hydrogens (tertiary/aromatic N) is 2. The topological polar surface area (TPSA) is 98.8 Å². The van der Waals surface area contributed by atoms with Crippen molar-refractivity contribution in [1.29, 1.82) is 0 Å². The van der Waals surface area contributed by atoms with Gasteiger partial charge in [-0.05, 0) is 5.92 Å². The predicted molar refractivity (Wildman–Crippen MR) is 82.0 cm³/mol. The molecule has 0 bridgehead atoms. The van der Waals surface area contributed by atoms with E-state index in [4.69, 9.17) is 0 Å². The molecule has 0 aliphatic carbocycles. The van der Waals surface area contributed by atoms with E-state index in [2.05, 4.69) is 10.6 Å². The molecule has 0 aromatic rings. The fraction of sp³-hybridized carbons (Fsp3) is 0.714. The zero-order chi connectivity index (χ0) is 17.4. The Morgan fingerprint density at radius 3 is 2.00 bits per heavy atom. The van der Waals surface area contributed by atoms with Gasteiger partial charge in [0.2, 0.25) is 11.8 Å². The lowest BCUT2D eigenvalue weighted by Crippen LogP contribution is -2.49. The van der Waals surface area contributed by atoms with Crippen molar-refractivity contribution in [3.63, 3.8) is 0 Å². The van der Waals surface area contributed by atoms with E-state index in [1.807, 2.05) is 13.8 Å². The first-order chi connectivity index (χ1) is 10.1. The van der Waals surface area contributed by atoms with Crippen molar-refractivity contribution < 1.29 is 19.2 Å². The maximum Gasteiger partial charge on any atom is 0.331 e. The Labute approximate surface area is 131 Å². The zero-order valence-corrected chi connectivity index (χ0v) is 14.1. The van der Waals surface area contributed by atoms with Gasteiger partial charge in [0.15, 0.2) is 0 Å². The lowest BCUT2D eigenvalue weighted by molar-refractivity contribution is -0.132. The Kier molecular flexibility index (Phi) is 8.14. The average Bonchev–Trinajstić information content (AvgIpc) is 2.44. The van der Waals surface area contributed by atoms with Crippen molar-refractivity contribution in [2.75, 3.05) is 27.7 Å². The summed E-state index contributed by atoms with van der Waals surface area (Å²) in [6.07, 6.45) is 0.406. The first-order valence-corrected chi connectivity index (χ1v) is 7.14. The number of carbonyl (C=O) groups excluding carboxylic acids is 4. The van der Waals surface area contributed by atoms with Gasteiger partial charge in [0.1, 0.15) is 0 Å². The van der Waals surface area contributed by atoms with Crippen LogP contribution in [0.1, 0.15) is 27.2 Å². The van der Waals surface area contributed by atoms with Crippen molar-refractivity contribution in [2.24, 2.45) is 11.8 Å². The van der Waals surface area contributed by atoms with Gasteiger partial charge in [-0.15, -0.1) is 0 Å². The van der Waals surface area contributed by atoms with Crippen LogP contribution in [0.15, 0.2) is 0 Å². The van der Waals surface area contributed by atoms with E-state index < -0.39 is 23.9 Å². The molecule has 2 N–H and O–H groups in total. The van der Waals surface area contributed by atoms with E-state index in [0.29, 0.717) is 6.42 Å². The minimum absolute atomic E-state index is 0.0524. The van der Waals surface area contributed by atoms with Crippen LogP contribution in [-0.4, -0.2) is 61.4 Å². The largest absolute Gasteiger partial charge is 0.345 e. The van der Waals surface area contributed by atoms with Gasteiger partial charge in [-0.3, -0.25) is 14.9 Å². The summed E-state index contributed by atoms with van der Waals surface area (Å²) in [5.74, 6) is -0.918. The summed E-state index contributed by atoms with van der Waals surface area (Å²) in [5.41, 5.74) is 0. The number of hydrogen-bond acceptors (Lipinski definition) is 4. The summed E-state index contributed by atoms with van der Waals surface area (Å²) >= 11 is 0. The summed E-state index contributed by atoms with van der Waals surface area (Å²) in [6.45, 7) is 5.69. The molecule has 0 saturated carbocycles. The van der Waals surface area contributed by atoms with Gasteiger partial charge in [0.05, 0.1) is 5.92 Å². The summed E-state index contributed by atoms with van der Waals surface area (Å²) < 4.78 is 0. The molecule has 0 fully saturated rings. The minimum Gasteiger partial charge on any atom is -0.345 e. The molecule has 1 atom stereocenters. The van der Waals surface area contributed by atoms with Crippen molar-refractivity contribution >= 4 is 23.9 Å². The number of rotatable bonds is 5. The first-order valence-electron chi connectivity index (χ1n) is 7.14. The van der Waals surface area contributed by atoms with Crippen LogP contribution in [0.4, 0.5) is 9.59 Å². The first kappa shape index (κ1) is 19.9. The molecule has 0 aromatic heterocycles. The zero-order valence-electron chi connectivity index (χ0n) is 14.1. The van der Waals surface area contributed by atoms with Gasteiger partial charge in [-0.1, -0.05) is 20.8 Å². The minimum atomic E-state index is -0.813. The lowest BCUT2D eigenvalue weighted by Gasteiger charge is -2.22. The third-order valence-electron chi connectivity index (χ3n) is 3.06. The van der Waals surface area contributed by atoms with Gasteiger partial charge in [-0.2, -0.15) is 0 Å². The number of carbonyl (C=O) groups is 4. The van der Waals surface area contributed by atoms with Crippen molar-refractivity contribution in [2.45, 2.75) is 27.2 Å². The van der Waals surface area contributed by atoms with Crippen molar-refractivity contribution in [3.05, 3.63) is 0 Å². The number of urea groups is 2. The molecule has 0 radical (unpaired) electrons. The highest BCUT2D eigenvalue weighted by Crippen LogP contribution is 2.06. The molecule has 0 aliphatic heterocycles. The van der Waals surface area contributed by atoms with Gasteiger partial charge in [0.25, 0.3) is 0 Å². The molecule has 8 heteroatoms. The molecular weight excluding hydrogens is 288 g/mol. The SMILES string of the molecule is CNC(=O)N(C)C(=O)NC(=O)C(C)CN(C)C(=O)CC(C)C. The maximum absolute atomic E-state index is 11.9. The highest BCUT2D eigenvalue weighted by Gasteiger charge is 2.23. The quantitative estimate of drug-likeness (QED) is 0.777. The molecule has 126 valence electrons. The van der Waals surface area contributed by atoms with Crippen LogP contribution in [0.25, 0.3) is 0 Å². The Morgan fingerprint density at radius 2 is 1.55 bits per heavy atom. The number of hydrogen-bond donors (Lipinski definition) is 2. The molecule has 0 saturated heterocycles. The Balaban J connectivity index is 4.46. The fourth-order valence-electron chi connectivity index (χ4n) is 1.67. The van der Waals surface area contributed by atoms with Crippen LogP contribution in [0.2, 0.25) is 0 Å². The molecule has 0 spiro atoms. The molecule has 1 unspecified atom stereocenters. The van der Waals surface area contributed by atoms with Gasteiger partial charge < -0.3 is 10.2 Å². The van der Waals surface area contributed by atoms with E-state index >= 15 is 0 Å². The second-order valence-corrected chi connectivity index (χ2v) is 5.68. The van der Waals surface area contributed by atoms with Crippen LogP contribution in [0.3, 0.4) is 0 Å². The highest BCUT2D eigenvalue weighted by molar-refractivity contribution is 6.02. The fourth-order valence-corrected chi connectivity index (χ4v) is 1.67. The molecule has 22 heavy (non-hydrogen) atoms. The van der Waals surface area contributed by atoms with Gasteiger partial charge in [0, 0.05) is 34.1 Å². The highest BCUT2D eigenvalue weighted by atomic mass is 16.2. The standard InChI is InChI=1S/C14H26N4O4/c1-9(2)7-11(19)17(5)8-10(3)12(20)16-14(22)18(6)13(21)15-4/h9-10H,7-8H2,1-6H3,(H,15,21)(H,16,20,22). The van der Waals surface area contributed by atoms with Crippen LogP contribution >= 0.6 is 0 Å². The smallest absolute Gasteiger partial charge is 0.331 e. The van der Waals surface area contributed by atoms with E-state index in [-0.39, 0.29) is 18.4 Å². The second-order valence-electron chi connectivity index (χ2n) is 5.68. The third kappa shape index (κ3) is 6.55. The normalized spacial score (nSPS) is 11.6. The van der Waals surface area contributed by atoms with E-state index in [9.17, 15) is 19.2 Å². The van der Waals surface area contributed by atoms with E-state index in [1.165, 1.54) is 19.0 Å². The molecule has 0 rings (SSSR count). The Morgan fingerprint density at radius 1 is 1.00 bits per heavy atom. The average molecular weight is 314 g/mol. The van der Waals surface area contributed by atoms with Crippen LogP contribution in [0.5, 0.6) is 0 Å². The predicted octanol–water partition coefficient (Wildman–Crippen LogP) is 0.634. The van der Waals surface area contributed by atoms with Crippen LogP contribution in [-0.2, 0) is 9.59 Å². The molecule has 8 nitrogen and oxygen atoms in total. The molecule has 0 aliphatic rings. The van der Waals surface area contributed by atoms with Gasteiger partial charge >= 0.3 is 12.1 Å². The molecule has 0 heterocycles. The Hall–Kier alpha value is -2.12. The van der Waals surface area contributed by atoms with Crippen molar-refractivity contribution in [3.8, 4) is 0 Å². The molecule has 6 amide bonds. The van der Waals surface area contributed by atoms with E-state index in [1.54, 1.807) is 14.0 Å². The van der Waals surface area contributed by atoms with Crippen LogP contribution < -0.4 is 10.6 Å². The number of nitrogens with one attached hydrogen (secondary N) is 2. The number of imide groups is 2. The monoisotopic (exact) mass is 314 g/mol. The summed E-state index contributed by atoms with van der Waals surface area (Å²) in [5, 5.41) is 4.40. The maximum atomic E-state index is 11.9. The summed E-state index contributed by atoms with van der Waals surface area (Å²) in [4.78, 5) is 48.9. The van der Waals surface area contributed by atoms with Crippen LogP contribution in [0, 0.1) is 11.8 Å². The molecular formula is C14H26N4O4. The third-order valence-corrected chi connectivity index (χ3v) is 3.06. The molecule has 0 aromatic carbocycles. The summed E-state index contributed by atoms with van der Waals surface area (Å²) in [6, 6.07) is -1.44. The van der Waals surface area contributed by atoms with E-state index in [0.717, 1.165) is 4.90 Å². The number of amides is 6. The summed E-state index contributed by atoms with van der Waals surface area (Å²) in [7, 11) is 4.25. The Bertz CT molecular complexity index is 437. The lowest BCUT2D eigenvalue weighted by atomic mass is 10.1. The second kappa shape index (κ2) is 9.01. The van der Waals surface area contributed by atoms with Crippen molar-refractivity contribution in [1.82, 2.24) is 20.4 Å². The van der Waals surface area contributed by atoms with Gasteiger partial charge in [-0.25, -0.2) is 14.5 Å².